The molecular weight excluding hydrogens is 342 g/mol. The first kappa shape index (κ1) is 17.6. The number of hydrogen-bond donors (Lipinski definition) is 1. The molecule has 3 rings (SSSR count). The predicted molar refractivity (Wildman–Crippen MR) is 92.2 cm³/mol. The first-order valence-corrected chi connectivity index (χ1v) is 9.44. The van der Waals surface area contributed by atoms with Crippen molar-refractivity contribution in [2.75, 3.05) is 6.54 Å². The fraction of sp³-hybridized carbons (Fsp3) is 0.529. The molecule has 1 unspecified atom stereocenters. The molecule has 25 heavy (non-hydrogen) atoms. The molecule has 1 atom stereocenters. The standard InChI is InChI=1S/C17H21N3O4S/c21-15(20-9-2-1-3-13(20)4-7-16(22)23)6-5-14-18-17(19-24-14)12-8-10-25-11-12/h8,10-11,13H,1-7,9H2,(H,22,23). The van der Waals surface area contributed by atoms with Crippen LogP contribution in [0.5, 0.6) is 0 Å². The second-order valence-electron chi connectivity index (χ2n) is 6.19. The molecule has 1 N–H and O–H groups in total. The number of carboxylic acids is 1. The lowest BCUT2D eigenvalue weighted by atomic mass is 9.97. The first-order valence-electron chi connectivity index (χ1n) is 8.50. The van der Waals surface area contributed by atoms with Crippen molar-refractivity contribution in [3.63, 3.8) is 0 Å². The quantitative estimate of drug-likeness (QED) is 0.812. The zero-order valence-electron chi connectivity index (χ0n) is 13.9. The zero-order chi connectivity index (χ0) is 17.6. The van der Waals surface area contributed by atoms with Crippen LogP contribution in [0.1, 0.15) is 44.4 Å². The van der Waals surface area contributed by atoms with E-state index in [-0.39, 0.29) is 18.4 Å². The maximum absolute atomic E-state index is 12.6. The van der Waals surface area contributed by atoms with Gasteiger partial charge in [-0.3, -0.25) is 9.59 Å². The summed E-state index contributed by atoms with van der Waals surface area (Å²) in [4.78, 5) is 29.5. The van der Waals surface area contributed by atoms with Crippen LogP contribution in [0.4, 0.5) is 0 Å². The first-order chi connectivity index (χ1) is 12.1. The minimum absolute atomic E-state index is 0.0291. The van der Waals surface area contributed by atoms with Crippen LogP contribution in [-0.2, 0) is 16.0 Å². The van der Waals surface area contributed by atoms with Crippen LogP contribution in [0.25, 0.3) is 11.4 Å². The van der Waals surface area contributed by atoms with E-state index in [9.17, 15) is 9.59 Å². The second kappa shape index (κ2) is 8.24. The highest BCUT2D eigenvalue weighted by Crippen LogP contribution is 2.23. The van der Waals surface area contributed by atoms with Gasteiger partial charge in [0.1, 0.15) is 0 Å². The maximum Gasteiger partial charge on any atom is 0.303 e. The van der Waals surface area contributed by atoms with E-state index in [1.54, 1.807) is 11.3 Å². The molecule has 0 aliphatic carbocycles. The molecule has 1 fully saturated rings. The van der Waals surface area contributed by atoms with Crippen LogP contribution in [0, 0.1) is 0 Å². The van der Waals surface area contributed by atoms with E-state index in [4.69, 9.17) is 9.63 Å². The number of nitrogens with zero attached hydrogens (tertiary/aromatic N) is 3. The SMILES string of the molecule is O=C(O)CCC1CCCCN1C(=O)CCc1nc(-c2ccsc2)no1. The molecule has 0 saturated carbocycles. The number of hydrogen-bond acceptors (Lipinski definition) is 6. The minimum atomic E-state index is -0.815. The Morgan fingerprint density at radius 1 is 1.36 bits per heavy atom. The Labute approximate surface area is 149 Å². The van der Waals surface area contributed by atoms with Crippen molar-refractivity contribution in [1.29, 1.82) is 0 Å². The maximum atomic E-state index is 12.6. The normalized spacial score (nSPS) is 17.6. The van der Waals surface area contributed by atoms with E-state index in [0.29, 0.717) is 37.5 Å². The van der Waals surface area contributed by atoms with E-state index in [1.807, 2.05) is 21.7 Å². The minimum Gasteiger partial charge on any atom is -0.481 e. The van der Waals surface area contributed by atoms with Crippen molar-refractivity contribution in [2.45, 2.75) is 51.0 Å². The van der Waals surface area contributed by atoms with Crippen molar-refractivity contribution in [2.24, 2.45) is 0 Å². The molecule has 7 nitrogen and oxygen atoms in total. The van der Waals surface area contributed by atoms with E-state index in [2.05, 4.69) is 10.1 Å². The molecule has 1 aliphatic rings. The molecule has 3 heterocycles. The number of carboxylic acid groups (broad SMARTS) is 1. The fourth-order valence-electron chi connectivity index (χ4n) is 3.14. The number of aromatic nitrogens is 2. The number of piperidine rings is 1. The largest absolute Gasteiger partial charge is 0.481 e. The van der Waals surface area contributed by atoms with E-state index in [0.717, 1.165) is 24.8 Å². The Morgan fingerprint density at radius 3 is 3.00 bits per heavy atom. The highest BCUT2D eigenvalue weighted by atomic mass is 32.1. The van der Waals surface area contributed by atoms with E-state index in [1.165, 1.54) is 0 Å². The molecule has 2 aromatic heterocycles. The van der Waals surface area contributed by atoms with E-state index >= 15 is 0 Å². The molecule has 0 spiro atoms. The summed E-state index contributed by atoms with van der Waals surface area (Å²) in [5.74, 6) is 0.213. The van der Waals surface area contributed by atoms with Crippen LogP contribution in [0.2, 0.25) is 0 Å². The summed E-state index contributed by atoms with van der Waals surface area (Å²) in [6, 6.07) is 1.95. The van der Waals surface area contributed by atoms with Gasteiger partial charge in [0.25, 0.3) is 0 Å². The Hall–Kier alpha value is -2.22. The second-order valence-corrected chi connectivity index (χ2v) is 6.97. The Balaban J connectivity index is 1.54. The van der Waals surface area contributed by atoms with Gasteiger partial charge in [0.05, 0.1) is 0 Å². The van der Waals surface area contributed by atoms with Gasteiger partial charge in [-0.25, -0.2) is 0 Å². The predicted octanol–water partition coefficient (Wildman–Crippen LogP) is 2.98. The number of aryl methyl sites for hydroxylation is 1. The number of carbonyl (C=O) groups is 2. The molecule has 2 aromatic rings. The number of amides is 1. The monoisotopic (exact) mass is 363 g/mol. The van der Waals surface area contributed by atoms with Gasteiger partial charge in [-0.05, 0) is 37.1 Å². The lowest BCUT2D eigenvalue weighted by molar-refractivity contribution is -0.140. The average molecular weight is 363 g/mol. The summed E-state index contributed by atoms with van der Waals surface area (Å²) in [5.41, 5.74) is 0.913. The zero-order valence-corrected chi connectivity index (χ0v) is 14.7. The molecule has 8 heteroatoms. The van der Waals surface area contributed by atoms with Crippen LogP contribution >= 0.6 is 11.3 Å². The third-order valence-corrected chi connectivity index (χ3v) is 5.12. The molecular formula is C17H21N3O4S. The van der Waals surface area contributed by atoms with Crippen LogP contribution in [0.3, 0.4) is 0 Å². The van der Waals surface area contributed by atoms with Crippen LogP contribution in [0.15, 0.2) is 21.3 Å². The van der Waals surface area contributed by atoms with Crippen LogP contribution in [-0.4, -0.2) is 44.6 Å². The summed E-state index contributed by atoms with van der Waals surface area (Å²) in [5, 5.41) is 16.7. The van der Waals surface area contributed by atoms with Gasteiger partial charge in [0.2, 0.25) is 17.6 Å². The van der Waals surface area contributed by atoms with Gasteiger partial charge in [-0.1, -0.05) is 5.16 Å². The number of thiophene rings is 1. The Bertz CT molecular complexity index is 713. The van der Waals surface area contributed by atoms with E-state index < -0.39 is 5.97 Å². The summed E-state index contributed by atoms with van der Waals surface area (Å²) in [6.07, 6.45) is 4.21. The fourth-order valence-corrected chi connectivity index (χ4v) is 3.78. The van der Waals surface area contributed by atoms with Gasteiger partial charge < -0.3 is 14.5 Å². The van der Waals surface area contributed by atoms with Crippen molar-refractivity contribution < 1.29 is 19.2 Å². The van der Waals surface area contributed by atoms with Crippen LogP contribution < -0.4 is 0 Å². The van der Waals surface area contributed by atoms with Crippen molar-refractivity contribution in [1.82, 2.24) is 15.0 Å². The smallest absolute Gasteiger partial charge is 0.303 e. The lowest BCUT2D eigenvalue weighted by Gasteiger charge is -2.35. The molecule has 1 saturated heterocycles. The van der Waals surface area contributed by atoms with Gasteiger partial charge in [-0.15, -0.1) is 0 Å². The topological polar surface area (TPSA) is 96.5 Å². The third kappa shape index (κ3) is 4.66. The average Bonchev–Trinajstić information content (AvgIpc) is 3.29. The van der Waals surface area contributed by atoms with Gasteiger partial charge in [0.15, 0.2) is 0 Å². The molecule has 0 aromatic carbocycles. The third-order valence-electron chi connectivity index (χ3n) is 4.44. The highest BCUT2D eigenvalue weighted by molar-refractivity contribution is 7.08. The molecule has 0 bridgehead atoms. The van der Waals surface area contributed by atoms with Crippen molar-refractivity contribution in [3.05, 3.63) is 22.7 Å². The van der Waals surface area contributed by atoms with Gasteiger partial charge in [-0.2, -0.15) is 16.3 Å². The summed E-state index contributed by atoms with van der Waals surface area (Å²) in [6.45, 7) is 0.701. The highest BCUT2D eigenvalue weighted by Gasteiger charge is 2.27. The van der Waals surface area contributed by atoms with Gasteiger partial charge >= 0.3 is 5.97 Å². The van der Waals surface area contributed by atoms with Crippen molar-refractivity contribution >= 4 is 23.2 Å². The Morgan fingerprint density at radius 2 is 2.24 bits per heavy atom. The number of aliphatic carboxylic acids is 1. The number of rotatable bonds is 7. The summed E-state index contributed by atoms with van der Waals surface area (Å²) >= 11 is 1.56. The molecule has 134 valence electrons. The molecule has 0 radical (unpaired) electrons. The number of carbonyl (C=O) groups excluding carboxylic acids is 1. The lowest BCUT2D eigenvalue weighted by Crippen LogP contribution is -2.44. The molecule has 1 aliphatic heterocycles. The molecule has 1 amide bonds. The van der Waals surface area contributed by atoms with Gasteiger partial charge in [0, 0.05) is 42.8 Å². The Kier molecular flexibility index (Phi) is 5.80. The summed E-state index contributed by atoms with van der Waals surface area (Å²) in [7, 11) is 0. The number of likely N-dealkylation sites (tertiary alicyclic amines) is 1. The van der Waals surface area contributed by atoms with Crippen molar-refractivity contribution in [3.8, 4) is 11.4 Å². The summed E-state index contributed by atoms with van der Waals surface area (Å²) < 4.78 is 5.23.